The van der Waals surface area contributed by atoms with Crippen LogP contribution in [-0.4, -0.2) is 44.9 Å². The van der Waals surface area contributed by atoms with Crippen molar-refractivity contribution in [2.24, 2.45) is 0 Å². The molecule has 230 valence electrons. The van der Waals surface area contributed by atoms with Crippen molar-refractivity contribution in [3.05, 3.63) is 101 Å². The van der Waals surface area contributed by atoms with Gasteiger partial charge in [0.15, 0.2) is 0 Å². The molecule has 0 spiro atoms. The zero-order valence-corrected chi connectivity index (χ0v) is 26.1. The predicted molar refractivity (Wildman–Crippen MR) is 177 cm³/mol. The number of methoxy groups -OCH3 is 2. The highest BCUT2D eigenvalue weighted by Gasteiger charge is 2.23. The maximum absolute atomic E-state index is 14.6. The van der Waals surface area contributed by atoms with Crippen LogP contribution in [0.1, 0.15) is 16.7 Å². The van der Waals surface area contributed by atoms with Gasteiger partial charge in [-0.25, -0.2) is 9.37 Å². The molecular weight excluding hydrogens is 589 g/mol. The highest BCUT2D eigenvalue weighted by molar-refractivity contribution is 7.18. The monoisotopic (exact) mass is 623 g/mol. The van der Waals surface area contributed by atoms with Gasteiger partial charge in [-0.15, -0.1) is 11.3 Å². The quantitative estimate of drug-likeness (QED) is 0.123. The fraction of sp³-hybridized carbons (Fsp3) is 0.222. The van der Waals surface area contributed by atoms with Crippen LogP contribution in [-0.2, 0) is 29.0 Å². The summed E-state index contributed by atoms with van der Waals surface area (Å²) in [4.78, 5) is 17.4. The molecule has 0 fully saturated rings. The minimum atomic E-state index is -0.395. The van der Waals surface area contributed by atoms with Crippen molar-refractivity contribution < 1.29 is 23.4 Å². The molecule has 0 saturated carbocycles. The smallest absolute Gasteiger partial charge is 0.243 e. The van der Waals surface area contributed by atoms with Crippen molar-refractivity contribution in [3.8, 4) is 45.1 Å². The van der Waals surface area contributed by atoms with Crippen LogP contribution in [0.3, 0.4) is 0 Å². The Labute approximate surface area is 265 Å². The molecule has 3 heterocycles. The van der Waals surface area contributed by atoms with Crippen molar-refractivity contribution in [2.75, 3.05) is 34.0 Å². The summed E-state index contributed by atoms with van der Waals surface area (Å²) in [6.45, 7) is 6.22. The van der Waals surface area contributed by atoms with Crippen LogP contribution in [0.5, 0.6) is 11.5 Å². The van der Waals surface area contributed by atoms with E-state index in [1.807, 2.05) is 18.2 Å². The Morgan fingerprint density at radius 1 is 1.02 bits per heavy atom. The number of hydrogen-bond donors (Lipinski definition) is 2. The molecule has 2 aromatic heterocycles. The Hall–Kier alpha value is -4.57. The van der Waals surface area contributed by atoms with Gasteiger partial charge in [-0.05, 0) is 78.0 Å². The lowest BCUT2D eigenvalue weighted by Crippen LogP contribution is -2.23. The molecular formula is C36H34FN3O4S. The number of nitrogens with zero attached hydrogens (tertiary/aromatic N) is 1. The van der Waals surface area contributed by atoms with Crippen molar-refractivity contribution in [1.82, 2.24) is 15.6 Å². The first kappa shape index (κ1) is 30.5. The van der Waals surface area contributed by atoms with Crippen LogP contribution < -0.4 is 20.1 Å². The van der Waals surface area contributed by atoms with Gasteiger partial charge in [-0.3, -0.25) is 4.79 Å². The second kappa shape index (κ2) is 13.6. The highest BCUT2D eigenvalue weighted by Crippen LogP contribution is 2.46. The van der Waals surface area contributed by atoms with E-state index in [1.54, 1.807) is 31.6 Å². The number of carbonyl (C=O) groups is 1. The maximum Gasteiger partial charge on any atom is 0.243 e. The Kier molecular flexibility index (Phi) is 9.21. The second-order valence-electron chi connectivity index (χ2n) is 10.7. The third-order valence-corrected chi connectivity index (χ3v) is 8.86. The summed E-state index contributed by atoms with van der Waals surface area (Å²) < 4.78 is 32.5. The molecule has 45 heavy (non-hydrogen) atoms. The zero-order chi connectivity index (χ0) is 31.3. The Morgan fingerprint density at radius 2 is 1.87 bits per heavy atom. The molecule has 0 aliphatic carbocycles. The van der Waals surface area contributed by atoms with Crippen LogP contribution >= 0.6 is 11.3 Å². The van der Waals surface area contributed by atoms with E-state index in [-0.39, 0.29) is 19.1 Å². The average Bonchev–Trinajstić information content (AvgIpc) is 3.56. The standard InChI is InChI=1S/C36H34FN3O4S/c1-4-32(41)39-21-26-18-24(7-10-30(26)43-3)35-33(28-9-8-27(37)19-31(28)44-15-14-42-2)36-29(12-16-45-36)34(40-35)23-5-6-25-20-38-13-11-22(25)17-23/h4-10,12,16-19,38H,1,11,13-15,20-21H2,2-3H3,(H,39,41). The first-order chi connectivity index (χ1) is 22.0. The summed E-state index contributed by atoms with van der Waals surface area (Å²) >= 11 is 1.61. The number of nitrogens with one attached hydrogen (secondary N) is 2. The molecule has 6 rings (SSSR count). The van der Waals surface area contributed by atoms with Crippen LogP contribution in [0.4, 0.5) is 4.39 Å². The van der Waals surface area contributed by atoms with Crippen LogP contribution in [0.25, 0.3) is 43.7 Å². The molecule has 0 radical (unpaired) electrons. The van der Waals surface area contributed by atoms with E-state index >= 15 is 0 Å². The Morgan fingerprint density at radius 3 is 2.69 bits per heavy atom. The number of fused-ring (bicyclic) bond motifs is 2. The first-order valence-corrected chi connectivity index (χ1v) is 15.6. The normalized spacial score (nSPS) is 12.5. The molecule has 0 unspecified atom stereocenters. The fourth-order valence-electron chi connectivity index (χ4n) is 5.70. The number of halogens is 1. The fourth-order valence-corrected chi connectivity index (χ4v) is 6.66. The molecule has 5 aromatic rings. The summed E-state index contributed by atoms with van der Waals surface area (Å²) in [6, 6.07) is 19.1. The Balaban J connectivity index is 1.60. The number of thiophene rings is 1. The lowest BCUT2D eigenvalue weighted by molar-refractivity contribution is -0.116. The maximum atomic E-state index is 14.6. The third-order valence-electron chi connectivity index (χ3n) is 7.92. The largest absolute Gasteiger partial charge is 0.496 e. The summed E-state index contributed by atoms with van der Waals surface area (Å²) in [5, 5.41) is 9.36. The summed E-state index contributed by atoms with van der Waals surface area (Å²) in [5.74, 6) is 0.366. The average molecular weight is 624 g/mol. The molecule has 3 aromatic carbocycles. The number of pyridine rings is 1. The summed E-state index contributed by atoms with van der Waals surface area (Å²) in [6.07, 6.45) is 2.19. The second-order valence-corrected chi connectivity index (χ2v) is 11.6. The molecule has 0 saturated heterocycles. The van der Waals surface area contributed by atoms with E-state index in [9.17, 15) is 9.18 Å². The molecule has 1 aliphatic heterocycles. The summed E-state index contributed by atoms with van der Waals surface area (Å²) in [7, 11) is 3.20. The van der Waals surface area contributed by atoms with Gasteiger partial charge in [-0.2, -0.15) is 0 Å². The number of amides is 1. The van der Waals surface area contributed by atoms with Crippen molar-refractivity contribution >= 4 is 27.3 Å². The van der Waals surface area contributed by atoms with Crippen LogP contribution in [0.15, 0.2) is 78.7 Å². The number of rotatable bonds is 11. The van der Waals surface area contributed by atoms with Gasteiger partial charge >= 0.3 is 0 Å². The SMILES string of the molecule is C=CC(=O)NCc1cc(-c2nc(-c3ccc4c(c3)CCNC4)c3ccsc3c2-c2ccc(F)cc2OCCOC)ccc1OC. The minimum absolute atomic E-state index is 0.242. The van der Waals surface area contributed by atoms with E-state index in [0.29, 0.717) is 23.8 Å². The van der Waals surface area contributed by atoms with Crippen LogP contribution in [0, 0.1) is 5.82 Å². The third kappa shape index (κ3) is 6.33. The van der Waals surface area contributed by atoms with Gasteiger partial charge in [0.25, 0.3) is 0 Å². The summed E-state index contributed by atoms with van der Waals surface area (Å²) in [5.41, 5.74) is 8.39. The topological polar surface area (TPSA) is 81.7 Å². The van der Waals surface area contributed by atoms with E-state index in [0.717, 1.165) is 63.1 Å². The van der Waals surface area contributed by atoms with Gasteiger partial charge in [-0.1, -0.05) is 18.7 Å². The lowest BCUT2D eigenvalue weighted by atomic mass is 9.92. The first-order valence-electron chi connectivity index (χ1n) is 14.7. The van der Waals surface area contributed by atoms with Crippen molar-refractivity contribution in [3.63, 3.8) is 0 Å². The zero-order valence-electron chi connectivity index (χ0n) is 25.2. The predicted octanol–water partition coefficient (Wildman–Crippen LogP) is 6.92. The van der Waals surface area contributed by atoms with Gasteiger partial charge in [0.05, 0.1) is 25.1 Å². The van der Waals surface area contributed by atoms with Gasteiger partial charge in [0.2, 0.25) is 5.91 Å². The lowest BCUT2D eigenvalue weighted by Gasteiger charge is -2.20. The molecule has 2 N–H and O–H groups in total. The molecule has 0 atom stereocenters. The van der Waals surface area contributed by atoms with E-state index in [1.165, 1.54) is 29.3 Å². The van der Waals surface area contributed by atoms with E-state index in [2.05, 4.69) is 46.9 Å². The van der Waals surface area contributed by atoms with E-state index < -0.39 is 5.82 Å². The minimum Gasteiger partial charge on any atom is -0.496 e. The van der Waals surface area contributed by atoms with Crippen molar-refractivity contribution in [2.45, 2.75) is 19.5 Å². The van der Waals surface area contributed by atoms with Gasteiger partial charge in [0, 0.05) is 64.2 Å². The molecule has 0 bridgehead atoms. The molecule has 7 nitrogen and oxygen atoms in total. The van der Waals surface area contributed by atoms with E-state index in [4.69, 9.17) is 19.2 Å². The molecule has 1 aliphatic rings. The van der Waals surface area contributed by atoms with Crippen LogP contribution in [0.2, 0.25) is 0 Å². The number of hydrogen-bond acceptors (Lipinski definition) is 7. The number of aromatic nitrogens is 1. The Bertz CT molecular complexity index is 1890. The highest BCUT2D eigenvalue weighted by atomic mass is 32.1. The van der Waals surface area contributed by atoms with Crippen molar-refractivity contribution in [1.29, 1.82) is 0 Å². The number of carbonyl (C=O) groups excluding carboxylic acids is 1. The number of benzene rings is 3. The number of ether oxygens (including phenoxy) is 3. The van der Waals surface area contributed by atoms with Gasteiger partial charge < -0.3 is 24.8 Å². The molecule has 1 amide bonds. The van der Waals surface area contributed by atoms with Gasteiger partial charge in [0.1, 0.15) is 23.9 Å². The molecule has 9 heteroatoms.